The summed E-state index contributed by atoms with van der Waals surface area (Å²) >= 11 is 0. The van der Waals surface area contributed by atoms with Crippen LogP contribution in [-0.4, -0.2) is 28.2 Å². The highest BCUT2D eigenvalue weighted by atomic mass is 19.4. The Morgan fingerprint density at radius 2 is 2.00 bits per heavy atom. The second-order valence-corrected chi connectivity index (χ2v) is 3.75. The van der Waals surface area contributed by atoms with Gasteiger partial charge in [-0.2, -0.15) is 13.2 Å². The van der Waals surface area contributed by atoms with Gasteiger partial charge in [0.25, 0.3) is 5.78 Å². The first-order chi connectivity index (χ1) is 7.95. The fourth-order valence-corrected chi connectivity index (χ4v) is 1.46. The first-order valence-electron chi connectivity index (χ1n) is 5.33. The number of hydrogen-bond acceptors (Lipinski definition) is 2. The molecule has 1 rings (SSSR count). The van der Waals surface area contributed by atoms with Crippen molar-refractivity contribution in [2.24, 2.45) is 0 Å². The summed E-state index contributed by atoms with van der Waals surface area (Å²) in [6.07, 6.45) is 0.0808. The molecule has 0 bridgehead atoms. The molecule has 1 heterocycles. The first kappa shape index (κ1) is 13.8. The maximum Gasteiger partial charge on any atom is 0.454 e. The molecule has 0 spiro atoms. The van der Waals surface area contributed by atoms with E-state index in [1.165, 1.54) is 18.5 Å². The fourth-order valence-electron chi connectivity index (χ4n) is 1.46. The van der Waals surface area contributed by atoms with Gasteiger partial charge >= 0.3 is 6.18 Å². The molecule has 17 heavy (non-hydrogen) atoms. The number of hydrogen-bond donors (Lipinski definition) is 1. The molecule has 0 aliphatic carbocycles. The summed E-state index contributed by atoms with van der Waals surface area (Å²) in [5.74, 6) is -1.81. The molecule has 0 unspecified atom stereocenters. The minimum Gasteiger partial charge on any atom is -0.396 e. The van der Waals surface area contributed by atoms with Crippen LogP contribution in [-0.2, 0) is 6.54 Å². The van der Waals surface area contributed by atoms with Crippen molar-refractivity contribution in [3.8, 4) is 0 Å². The molecule has 0 saturated carbocycles. The van der Waals surface area contributed by atoms with E-state index in [0.717, 1.165) is 12.8 Å². The molecule has 0 aliphatic rings. The van der Waals surface area contributed by atoms with E-state index in [1.54, 1.807) is 4.57 Å². The molecule has 0 radical (unpaired) electrons. The van der Waals surface area contributed by atoms with Gasteiger partial charge in [-0.3, -0.25) is 4.79 Å². The van der Waals surface area contributed by atoms with Crippen LogP contribution in [0.1, 0.15) is 29.6 Å². The van der Waals surface area contributed by atoms with Crippen LogP contribution in [0.3, 0.4) is 0 Å². The van der Waals surface area contributed by atoms with Gasteiger partial charge in [0.05, 0.1) is 0 Å². The zero-order valence-electron chi connectivity index (χ0n) is 9.20. The van der Waals surface area contributed by atoms with Crippen LogP contribution in [0.4, 0.5) is 13.2 Å². The summed E-state index contributed by atoms with van der Waals surface area (Å²) in [4.78, 5) is 10.9. The highest BCUT2D eigenvalue weighted by Crippen LogP contribution is 2.21. The van der Waals surface area contributed by atoms with Gasteiger partial charge in [-0.05, 0) is 25.3 Å². The molecule has 0 amide bonds. The normalized spacial score (nSPS) is 11.8. The summed E-state index contributed by atoms with van der Waals surface area (Å²) in [6, 6.07) is 1.17. The van der Waals surface area contributed by atoms with Crippen molar-refractivity contribution in [1.29, 1.82) is 0 Å². The van der Waals surface area contributed by atoms with Crippen LogP contribution in [0.15, 0.2) is 18.5 Å². The largest absolute Gasteiger partial charge is 0.454 e. The predicted octanol–water partition coefficient (Wildman–Crippen LogP) is 2.40. The lowest BCUT2D eigenvalue weighted by atomic mass is 10.2. The van der Waals surface area contributed by atoms with Crippen LogP contribution in [0.2, 0.25) is 0 Å². The second kappa shape index (κ2) is 5.86. The minimum absolute atomic E-state index is 0.115. The molecule has 3 nitrogen and oxygen atoms in total. The van der Waals surface area contributed by atoms with Crippen LogP contribution in [0.5, 0.6) is 0 Å². The Kier molecular flexibility index (Phi) is 4.74. The molecule has 96 valence electrons. The van der Waals surface area contributed by atoms with Gasteiger partial charge in [0.2, 0.25) is 0 Å². The monoisotopic (exact) mass is 249 g/mol. The van der Waals surface area contributed by atoms with Gasteiger partial charge in [0.15, 0.2) is 0 Å². The van der Waals surface area contributed by atoms with Gasteiger partial charge in [0.1, 0.15) is 0 Å². The van der Waals surface area contributed by atoms with E-state index < -0.39 is 12.0 Å². The summed E-state index contributed by atoms with van der Waals surface area (Å²) in [5, 5.41) is 8.55. The number of aryl methyl sites for hydroxylation is 1. The van der Waals surface area contributed by atoms with Crippen LogP contribution in [0.25, 0.3) is 0 Å². The third kappa shape index (κ3) is 4.22. The van der Waals surface area contributed by atoms with Crippen molar-refractivity contribution >= 4 is 5.78 Å². The van der Waals surface area contributed by atoms with E-state index in [9.17, 15) is 18.0 Å². The van der Waals surface area contributed by atoms with Gasteiger partial charge in [-0.25, -0.2) is 0 Å². The number of aliphatic hydroxyl groups excluding tert-OH is 1. The Bertz CT molecular complexity index is 371. The molecule has 0 atom stereocenters. The Balaban J connectivity index is 2.51. The number of nitrogens with zero attached hydrogens (tertiary/aromatic N) is 1. The Morgan fingerprint density at radius 3 is 2.59 bits per heavy atom. The zero-order valence-corrected chi connectivity index (χ0v) is 9.20. The van der Waals surface area contributed by atoms with Crippen LogP contribution < -0.4 is 0 Å². The highest BCUT2D eigenvalue weighted by Gasteiger charge is 2.39. The molecule has 0 fully saturated rings. The van der Waals surface area contributed by atoms with E-state index in [4.69, 9.17) is 5.11 Å². The summed E-state index contributed by atoms with van der Waals surface area (Å²) in [6.45, 7) is 0.661. The average molecular weight is 249 g/mol. The summed E-state index contributed by atoms with van der Waals surface area (Å²) < 4.78 is 37.9. The SMILES string of the molecule is O=C(c1ccn(CCCCCO)c1)C(F)(F)F. The van der Waals surface area contributed by atoms with E-state index in [-0.39, 0.29) is 12.2 Å². The zero-order chi connectivity index (χ0) is 12.9. The molecule has 0 aromatic carbocycles. The number of unbranched alkanes of at least 4 members (excludes halogenated alkanes) is 2. The molecule has 0 aliphatic heterocycles. The number of carbonyl (C=O) groups is 1. The smallest absolute Gasteiger partial charge is 0.396 e. The lowest BCUT2D eigenvalue weighted by Gasteiger charge is -2.03. The topological polar surface area (TPSA) is 42.2 Å². The first-order valence-corrected chi connectivity index (χ1v) is 5.33. The van der Waals surface area contributed by atoms with Gasteiger partial charge in [-0.15, -0.1) is 0 Å². The van der Waals surface area contributed by atoms with Crippen molar-refractivity contribution < 1.29 is 23.1 Å². The molecular formula is C11H14F3NO2. The van der Waals surface area contributed by atoms with E-state index in [0.29, 0.717) is 13.0 Å². The number of carbonyl (C=O) groups excluding carboxylic acids is 1. The standard InChI is InChI=1S/C11H14F3NO2/c12-11(13,14)10(17)9-4-6-15(8-9)5-2-1-3-7-16/h4,6,8,16H,1-3,5,7H2. The maximum atomic E-state index is 12.1. The molecule has 0 saturated heterocycles. The van der Waals surface area contributed by atoms with Gasteiger partial charge < -0.3 is 9.67 Å². The maximum absolute atomic E-state index is 12.1. The van der Waals surface area contributed by atoms with Crippen LogP contribution >= 0.6 is 0 Å². The molecular weight excluding hydrogens is 235 g/mol. The van der Waals surface area contributed by atoms with E-state index in [2.05, 4.69) is 0 Å². The lowest BCUT2D eigenvalue weighted by molar-refractivity contribution is -0.0885. The number of ketones is 1. The number of aliphatic hydroxyl groups is 1. The van der Waals surface area contributed by atoms with Crippen LogP contribution in [0, 0.1) is 0 Å². The quantitative estimate of drug-likeness (QED) is 0.621. The van der Waals surface area contributed by atoms with Crippen molar-refractivity contribution in [2.45, 2.75) is 32.0 Å². The molecule has 6 heteroatoms. The summed E-state index contributed by atoms with van der Waals surface area (Å²) in [7, 11) is 0. The molecule has 1 aromatic heterocycles. The number of halogens is 3. The Labute approximate surface area is 96.9 Å². The van der Waals surface area contributed by atoms with Gasteiger partial charge in [-0.1, -0.05) is 0 Å². The van der Waals surface area contributed by atoms with E-state index >= 15 is 0 Å². The van der Waals surface area contributed by atoms with Gasteiger partial charge in [0, 0.05) is 31.1 Å². The van der Waals surface area contributed by atoms with Crippen molar-refractivity contribution in [1.82, 2.24) is 4.57 Å². The summed E-state index contributed by atoms with van der Waals surface area (Å²) in [5.41, 5.74) is -0.334. The third-order valence-corrected chi connectivity index (χ3v) is 2.34. The number of aromatic nitrogens is 1. The highest BCUT2D eigenvalue weighted by molar-refractivity contribution is 6.00. The Morgan fingerprint density at radius 1 is 1.29 bits per heavy atom. The number of alkyl halides is 3. The fraction of sp³-hybridized carbons (Fsp3) is 0.545. The average Bonchev–Trinajstić information content (AvgIpc) is 2.70. The second-order valence-electron chi connectivity index (χ2n) is 3.75. The Hall–Kier alpha value is -1.30. The lowest BCUT2D eigenvalue weighted by Crippen LogP contribution is -2.22. The van der Waals surface area contributed by atoms with Crippen molar-refractivity contribution in [3.05, 3.63) is 24.0 Å². The molecule has 1 N–H and O–H groups in total. The third-order valence-electron chi connectivity index (χ3n) is 2.34. The predicted molar refractivity (Wildman–Crippen MR) is 55.8 cm³/mol. The number of Topliss-reactive ketones (excluding diaryl/α,β-unsaturated/α-hetero) is 1. The minimum atomic E-state index is -4.82. The van der Waals surface area contributed by atoms with Crippen molar-refractivity contribution in [2.75, 3.05) is 6.61 Å². The van der Waals surface area contributed by atoms with E-state index in [1.807, 2.05) is 0 Å². The van der Waals surface area contributed by atoms with Crippen molar-refractivity contribution in [3.63, 3.8) is 0 Å². The molecule has 1 aromatic rings. The number of rotatable bonds is 6.